The third-order valence-electron chi connectivity index (χ3n) is 2.38. The molecule has 1 aromatic heterocycles. The Kier molecular flexibility index (Phi) is 5.41. The van der Waals surface area contributed by atoms with E-state index in [0.29, 0.717) is 18.7 Å². The van der Waals surface area contributed by atoms with Gasteiger partial charge in [-0.15, -0.1) is 23.7 Å². The SMILES string of the molecule is Cl.NCCCNC(=O)c1ccc2sccc2c1. The summed E-state index contributed by atoms with van der Waals surface area (Å²) in [5.74, 6) is -0.0263. The number of nitrogens with one attached hydrogen (secondary N) is 1. The van der Waals surface area contributed by atoms with E-state index in [9.17, 15) is 4.79 Å². The normalized spacial score (nSPS) is 9.94. The van der Waals surface area contributed by atoms with Crippen LogP contribution in [0.15, 0.2) is 29.6 Å². The molecule has 0 saturated heterocycles. The summed E-state index contributed by atoms with van der Waals surface area (Å²) in [6.07, 6.45) is 0.812. The monoisotopic (exact) mass is 270 g/mol. The first kappa shape index (κ1) is 14.0. The lowest BCUT2D eigenvalue weighted by molar-refractivity contribution is 0.0953. The van der Waals surface area contributed by atoms with Gasteiger partial charge in [0.2, 0.25) is 0 Å². The highest BCUT2D eigenvalue weighted by molar-refractivity contribution is 7.17. The van der Waals surface area contributed by atoms with Crippen molar-refractivity contribution in [1.82, 2.24) is 5.32 Å². The highest BCUT2D eigenvalue weighted by Crippen LogP contribution is 2.21. The van der Waals surface area contributed by atoms with Gasteiger partial charge in [-0.3, -0.25) is 4.79 Å². The van der Waals surface area contributed by atoms with Gasteiger partial charge in [0.15, 0.2) is 0 Å². The highest BCUT2D eigenvalue weighted by Gasteiger charge is 2.05. The molecule has 0 aliphatic heterocycles. The van der Waals surface area contributed by atoms with Crippen molar-refractivity contribution in [3.8, 4) is 0 Å². The molecule has 0 unspecified atom stereocenters. The molecule has 2 rings (SSSR count). The molecule has 0 aliphatic rings. The Balaban J connectivity index is 0.00000144. The summed E-state index contributed by atoms with van der Waals surface area (Å²) in [7, 11) is 0. The van der Waals surface area contributed by atoms with Crippen LogP contribution >= 0.6 is 23.7 Å². The molecule has 1 aromatic carbocycles. The first-order valence-corrected chi connectivity index (χ1v) is 6.15. The van der Waals surface area contributed by atoms with Crippen LogP contribution in [0.2, 0.25) is 0 Å². The Hall–Kier alpha value is -1.10. The molecule has 17 heavy (non-hydrogen) atoms. The predicted octanol–water partition coefficient (Wildman–Crippen LogP) is 2.40. The van der Waals surface area contributed by atoms with E-state index in [4.69, 9.17) is 5.73 Å². The van der Waals surface area contributed by atoms with Crippen LogP contribution < -0.4 is 11.1 Å². The van der Waals surface area contributed by atoms with E-state index in [1.807, 2.05) is 29.6 Å². The van der Waals surface area contributed by atoms with Crippen molar-refractivity contribution in [2.24, 2.45) is 5.73 Å². The van der Waals surface area contributed by atoms with E-state index >= 15 is 0 Å². The summed E-state index contributed by atoms with van der Waals surface area (Å²) < 4.78 is 1.21. The molecule has 0 fully saturated rings. The number of carbonyl (C=O) groups excluding carboxylic acids is 1. The minimum absolute atomic E-state index is 0. The minimum Gasteiger partial charge on any atom is -0.352 e. The number of halogens is 1. The molecule has 0 saturated carbocycles. The van der Waals surface area contributed by atoms with Crippen LogP contribution in [-0.2, 0) is 0 Å². The van der Waals surface area contributed by atoms with Gasteiger partial charge in [-0.25, -0.2) is 0 Å². The second-order valence-electron chi connectivity index (χ2n) is 3.57. The van der Waals surface area contributed by atoms with Gasteiger partial charge in [0.25, 0.3) is 5.91 Å². The molecule has 0 spiro atoms. The zero-order chi connectivity index (χ0) is 11.4. The number of nitrogens with two attached hydrogens (primary N) is 1. The van der Waals surface area contributed by atoms with Gasteiger partial charge < -0.3 is 11.1 Å². The lowest BCUT2D eigenvalue weighted by atomic mass is 10.1. The number of fused-ring (bicyclic) bond motifs is 1. The van der Waals surface area contributed by atoms with Crippen molar-refractivity contribution >= 4 is 39.7 Å². The van der Waals surface area contributed by atoms with E-state index in [2.05, 4.69) is 5.32 Å². The number of rotatable bonds is 4. The van der Waals surface area contributed by atoms with E-state index in [0.717, 1.165) is 11.8 Å². The molecule has 92 valence electrons. The smallest absolute Gasteiger partial charge is 0.251 e. The molecule has 0 bridgehead atoms. The summed E-state index contributed by atoms with van der Waals surface area (Å²) in [5, 5.41) is 5.99. The third-order valence-corrected chi connectivity index (χ3v) is 3.28. The summed E-state index contributed by atoms with van der Waals surface area (Å²) in [6.45, 7) is 1.24. The Labute approximate surface area is 110 Å². The number of benzene rings is 1. The molecular weight excluding hydrogens is 256 g/mol. The second kappa shape index (κ2) is 6.59. The first-order valence-electron chi connectivity index (χ1n) is 5.27. The maximum absolute atomic E-state index is 11.7. The molecule has 1 amide bonds. The number of amides is 1. The Bertz CT molecular complexity index is 498. The van der Waals surface area contributed by atoms with E-state index < -0.39 is 0 Å². The Morgan fingerprint density at radius 1 is 1.35 bits per heavy atom. The van der Waals surface area contributed by atoms with Crippen LogP contribution in [0.25, 0.3) is 10.1 Å². The first-order chi connectivity index (χ1) is 7.81. The average molecular weight is 271 g/mol. The minimum atomic E-state index is -0.0263. The molecule has 0 atom stereocenters. The number of thiophene rings is 1. The molecule has 0 radical (unpaired) electrons. The zero-order valence-corrected chi connectivity index (χ0v) is 10.9. The van der Waals surface area contributed by atoms with Crippen molar-refractivity contribution in [2.75, 3.05) is 13.1 Å². The van der Waals surface area contributed by atoms with Gasteiger partial charge in [0.05, 0.1) is 0 Å². The van der Waals surface area contributed by atoms with Crippen molar-refractivity contribution < 1.29 is 4.79 Å². The second-order valence-corrected chi connectivity index (χ2v) is 4.52. The molecule has 0 aliphatic carbocycles. The van der Waals surface area contributed by atoms with Crippen LogP contribution in [0.5, 0.6) is 0 Å². The number of carbonyl (C=O) groups is 1. The van der Waals surface area contributed by atoms with Gasteiger partial charge in [-0.05, 0) is 48.0 Å². The van der Waals surface area contributed by atoms with Crippen LogP contribution in [-0.4, -0.2) is 19.0 Å². The van der Waals surface area contributed by atoms with Gasteiger partial charge in [-0.2, -0.15) is 0 Å². The fourth-order valence-corrected chi connectivity index (χ4v) is 2.28. The highest BCUT2D eigenvalue weighted by atomic mass is 35.5. The predicted molar refractivity (Wildman–Crippen MR) is 75.1 cm³/mol. The van der Waals surface area contributed by atoms with Gasteiger partial charge >= 0.3 is 0 Å². The zero-order valence-electron chi connectivity index (χ0n) is 9.31. The maximum Gasteiger partial charge on any atom is 0.251 e. The summed E-state index contributed by atoms with van der Waals surface area (Å²) in [4.78, 5) is 11.7. The summed E-state index contributed by atoms with van der Waals surface area (Å²) in [5.41, 5.74) is 6.08. The number of hydrogen-bond acceptors (Lipinski definition) is 3. The van der Waals surface area contributed by atoms with Crippen molar-refractivity contribution in [1.29, 1.82) is 0 Å². The largest absolute Gasteiger partial charge is 0.352 e. The lowest BCUT2D eigenvalue weighted by Gasteiger charge is -2.04. The Morgan fingerprint density at radius 2 is 2.18 bits per heavy atom. The topological polar surface area (TPSA) is 55.1 Å². The molecule has 5 heteroatoms. The lowest BCUT2D eigenvalue weighted by Crippen LogP contribution is -2.25. The van der Waals surface area contributed by atoms with Gasteiger partial charge in [0.1, 0.15) is 0 Å². The standard InChI is InChI=1S/C12H14N2OS.ClH/c13-5-1-6-14-12(15)10-2-3-11-9(8-10)4-7-16-11;/h2-4,7-8H,1,5-6,13H2,(H,14,15);1H. The van der Waals surface area contributed by atoms with Crippen LogP contribution in [0, 0.1) is 0 Å². The van der Waals surface area contributed by atoms with Crippen LogP contribution in [0.1, 0.15) is 16.8 Å². The average Bonchev–Trinajstić information content (AvgIpc) is 2.76. The van der Waals surface area contributed by atoms with Crippen LogP contribution in [0.3, 0.4) is 0 Å². The van der Waals surface area contributed by atoms with Crippen molar-refractivity contribution in [2.45, 2.75) is 6.42 Å². The van der Waals surface area contributed by atoms with E-state index in [1.165, 1.54) is 4.70 Å². The fraction of sp³-hybridized carbons (Fsp3) is 0.250. The quantitative estimate of drug-likeness (QED) is 0.839. The maximum atomic E-state index is 11.7. The van der Waals surface area contributed by atoms with E-state index in [1.54, 1.807) is 11.3 Å². The van der Waals surface area contributed by atoms with Crippen molar-refractivity contribution in [3.05, 3.63) is 35.2 Å². The summed E-state index contributed by atoms with van der Waals surface area (Å²) in [6, 6.07) is 7.79. The fourth-order valence-electron chi connectivity index (χ4n) is 1.51. The molecule has 3 N–H and O–H groups in total. The van der Waals surface area contributed by atoms with Gasteiger partial charge in [0, 0.05) is 16.8 Å². The molecule has 3 nitrogen and oxygen atoms in total. The molecule has 1 heterocycles. The Morgan fingerprint density at radius 3 is 2.94 bits per heavy atom. The summed E-state index contributed by atoms with van der Waals surface area (Å²) >= 11 is 1.68. The number of hydrogen-bond donors (Lipinski definition) is 2. The van der Waals surface area contributed by atoms with E-state index in [-0.39, 0.29) is 18.3 Å². The third kappa shape index (κ3) is 3.43. The van der Waals surface area contributed by atoms with Crippen LogP contribution in [0.4, 0.5) is 0 Å². The molecule has 2 aromatic rings. The van der Waals surface area contributed by atoms with Crippen molar-refractivity contribution in [3.63, 3.8) is 0 Å². The molecular formula is C12H15ClN2OS. The van der Waals surface area contributed by atoms with Gasteiger partial charge in [-0.1, -0.05) is 0 Å².